The number of H-pyrrole nitrogens is 1. The standard InChI is InChI=1S/C6H8N2OS/c9-6-5(7-10-8-6)4-2-1-3-4/h4H,1-3H2,(H,8,9). The van der Waals surface area contributed by atoms with Gasteiger partial charge in [-0.05, 0) is 12.8 Å². The molecule has 0 atom stereocenters. The van der Waals surface area contributed by atoms with Gasteiger partial charge in [0.25, 0.3) is 5.56 Å². The van der Waals surface area contributed by atoms with Crippen molar-refractivity contribution >= 4 is 11.7 Å². The minimum Gasteiger partial charge on any atom is -0.267 e. The lowest BCUT2D eigenvalue weighted by atomic mass is 9.83. The molecule has 0 aliphatic heterocycles. The zero-order valence-corrected chi connectivity index (χ0v) is 6.28. The van der Waals surface area contributed by atoms with E-state index in [0.29, 0.717) is 5.92 Å². The lowest BCUT2D eigenvalue weighted by molar-refractivity contribution is 0.411. The highest BCUT2D eigenvalue weighted by molar-refractivity contribution is 6.99. The Kier molecular flexibility index (Phi) is 1.34. The quantitative estimate of drug-likeness (QED) is 0.661. The number of rotatable bonds is 1. The molecule has 2 rings (SSSR count). The topological polar surface area (TPSA) is 45.8 Å². The third-order valence-corrected chi connectivity index (χ3v) is 2.57. The zero-order chi connectivity index (χ0) is 6.97. The summed E-state index contributed by atoms with van der Waals surface area (Å²) in [6, 6.07) is 0. The average molecular weight is 156 g/mol. The number of aromatic amines is 1. The van der Waals surface area contributed by atoms with E-state index in [0.717, 1.165) is 30.3 Å². The molecule has 1 N–H and O–H groups in total. The van der Waals surface area contributed by atoms with Crippen LogP contribution in [0.4, 0.5) is 0 Å². The SMILES string of the molecule is O=c1[nH]snc1C1CCC1. The van der Waals surface area contributed by atoms with Crippen LogP contribution < -0.4 is 5.56 Å². The van der Waals surface area contributed by atoms with Crippen molar-refractivity contribution < 1.29 is 0 Å². The minimum atomic E-state index is 0.0229. The molecule has 0 aromatic carbocycles. The van der Waals surface area contributed by atoms with Crippen LogP contribution in [0.3, 0.4) is 0 Å². The van der Waals surface area contributed by atoms with Crippen molar-refractivity contribution in [2.24, 2.45) is 0 Å². The third kappa shape index (κ3) is 0.794. The Morgan fingerprint density at radius 2 is 2.40 bits per heavy atom. The van der Waals surface area contributed by atoms with E-state index in [9.17, 15) is 4.79 Å². The number of hydrogen-bond donors (Lipinski definition) is 1. The number of nitrogens with one attached hydrogen (secondary N) is 1. The van der Waals surface area contributed by atoms with E-state index >= 15 is 0 Å². The van der Waals surface area contributed by atoms with Gasteiger partial charge in [0.2, 0.25) is 0 Å². The highest BCUT2D eigenvalue weighted by atomic mass is 32.1. The number of aromatic nitrogens is 2. The molecule has 1 saturated carbocycles. The summed E-state index contributed by atoms with van der Waals surface area (Å²) in [4.78, 5) is 10.9. The molecule has 0 saturated heterocycles. The van der Waals surface area contributed by atoms with Gasteiger partial charge in [-0.1, -0.05) is 6.42 Å². The van der Waals surface area contributed by atoms with Gasteiger partial charge in [-0.15, -0.1) is 0 Å². The van der Waals surface area contributed by atoms with Crippen LogP contribution in [-0.4, -0.2) is 8.75 Å². The van der Waals surface area contributed by atoms with Gasteiger partial charge in [0, 0.05) is 17.6 Å². The molecule has 0 amide bonds. The first kappa shape index (κ1) is 6.09. The first-order valence-corrected chi connectivity index (χ1v) is 4.19. The molecule has 1 aliphatic rings. The Labute approximate surface area is 62.4 Å². The van der Waals surface area contributed by atoms with Crippen LogP contribution in [0.1, 0.15) is 30.9 Å². The maximum Gasteiger partial charge on any atom is 0.281 e. The molecule has 1 aliphatic carbocycles. The summed E-state index contributed by atoms with van der Waals surface area (Å²) in [6.07, 6.45) is 3.54. The molecule has 1 heterocycles. The summed E-state index contributed by atoms with van der Waals surface area (Å²) in [5.74, 6) is 0.468. The molecule has 0 spiro atoms. The maximum absolute atomic E-state index is 10.9. The van der Waals surface area contributed by atoms with E-state index in [1.807, 2.05) is 0 Å². The van der Waals surface area contributed by atoms with Gasteiger partial charge < -0.3 is 0 Å². The van der Waals surface area contributed by atoms with Crippen molar-refractivity contribution in [3.63, 3.8) is 0 Å². The van der Waals surface area contributed by atoms with Crippen molar-refractivity contribution in [3.05, 3.63) is 16.0 Å². The van der Waals surface area contributed by atoms with Gasteiger partial charge in [-0.3, -0.25) is 9.17 Å². The lowest BCUT2D eigenvalue weighted by Crippen LogP contribution is -2.17. The van der Waals surface area contributed by atoms with Gasteiger partial charge >= 0.3 is 0 Å². The van der Waals surface area contributed by atoms with Crippen molar-refractivity contribution in [1.29, 1.82) is 0 Å². The van der Waals surface area contributed by atoms with Crippen LogP contribution in [-0.2, 0) is 0 Å². The van der Waals surface area contributed by atoms with Crippen LogP contribution in [0.25, 0.3) is 0 Å². The van der Waals surface area contributed by atoms with E-state index < -0.39 is 0 Å². The van der Waals surface area contributed by atoms with Crippen LogP contribution in [0.2, 0.25) is 0 Å². The van der Waals surface area contributed by atoms with Crippen molar-refractivity contribution in [1.82, 2.24) is 8.75 Å². The summed E-state index contributed by atoms with van der Waals surface area (Å²) in [5.41, 5.74) is 0.783. The zero-order valence-electron chi connectivity index (χ0n) is 5.46. The van der Waals surface area contributed by atoms with Crippen LogP contribution in [0.15, 0.2) is 4.79 Å². The van der Waals surface area contributed by atoms with Crippen molar-refractivity contribution in [3.8, 4) is 0 Å². The molecular formula is C6H8N2OS. The third-order valence-electron chi connectivity index (χ3n) is 2.01. The van der Waals surface area contributed by atoms with E-state index in [-0.39, 0.29) is 5.56 Å². The second kappa shape index (κ2) is 2.20. The second-order valence-electron chi connectivity index (χ2n) is 2.63. The Bertz CT molecular complexity index is 273. The Balaban J connectivity index is 2.32. The van der Waals surface area contributed by atoms with E-state index in [2.05, 4.69) is 8.75 Å². The highest BCUT2D eigenvalue weighted by Gasteiger charge is 2.23. The molecule has 0 bridgehead atoms. The van der Waals surface area contributed by atoms with Crippen LogP contribution in [0, 0.1) is 0 Å². The number of hydrogen-bond acceptors (Lipinski definition) is 3. The molecule has 0 unspecified atom stereocenters. The Morgan fingerprint density at radius 3 is 2.80 bits per heavy atom. The second-order valence-corrected chi connectivity index (χ2v) is 3.20. The van der Waals surface area contributed by atoms with Crippen molar-refractivity contribution in [2.75, 3.05) is 0 Å². The Hall–Kier alpha value is -0.640. The lowest BCUT2D eigenvalue weighted by Gasteiger charge is -2.21. The predicted octanol–water partition coefficient (Wildman–Crippen LogP) is 1.10. The molecule has 10 heavy (non-hydrogen) atoms. The van der Waals surface area contributed by atoms with Gasteiger partial charge in [0.05, 0.1) is 0 Å². The molecule has 54 valence electrons. The monoisotopic (exact) mass is 156 g/mol. The normalized spacial score (nSPS) is 18.8. The fourth-order valence-corrected chi connectivity index (χ4v) is 1.71. The van der Waals surface area contributed by atoms with E-state index in [4.69, 9.17) is 0 Å². The van der Waals surface area contributed by atoms with Gasteiger partial charge in [-0.2, -0.15) is 4.37 Å². The molecule has 1 fully saturated rings. The summed E-state index contributed by atoms with van der Waals surface area (Å²) in [5, 5.41) is 0. The molecule has 3 nitrogen and oxygen atoms in total. The summed E-state index contributed by atoms with van der Waals surface area (Å²) in [6.45, 7) is 0. The largest absolute Gasteiger partial charge is 0.281 e. The van der Waals surface area contributed by atoms with Crippen LogP contribution >= 0.6 is 11.7 Å². The first-order chi connectivity index (χ1) is 4.88. The van der Waals surface area contributed by atoms with Gasteiger partial charge in [-0.25, -0.2) is 0 Å². The molecular weight excluding hydrogens is 148 g/mol. The smallest absolute Gasteiger partial charge is 0.267 e. The van der Waals surface area contributed by atoms with Gasteiger partial charge in [0.1, 0.15) is 5.69 Å². The summed E-state index contributed by atoms with van der Waals surface area (Å²) in [7, 11) is 0. The molecule has 4 heteroatoms. The highest BCUT2D eigenvalue weighted by Crippen LogP contribution is 2.33. The van der Waals surface area contributed by atoms with Crippen LogP contribution in [0.5, 0.6) is 0 Å². The maximum atomic E-state index is 10.9. The molecule has 0 radical (unpaired) electrons. The predicted molar refractivity (Wildman–Crippen MR) is 39.3 cm³/mol. The fourth-order valence-electron chi connectivity index (χ4n) is 1.15. The fraction of sp³-hybridized carbons (Fsp3) is 0.667. The molecule has 1 aromatic rings. The van der Waals surface area contributed by atoms with Crippen molar-refractivity contribution in [2.45, 2.75) is 25.2 Å². The summed E-state index contributed by atoms with van der Waals surface area (Å²) >= 11 is 1.16. The average Bonchev–Trinajstić information content (AvgIpc) is 2.12. The minimum absolute atomic E-state index is 0.0229. The van der Waals surface area contributed by atoms with E-state index in [1.54, 1.807) is 0 Å². The Morgan fingerprint density at radius 1 is 1.60 bits per heavy atom. The van der Waals surface area contributed by atoms with E-state index in [1.165, 1.54) is 6.42 Å². The number of nitrogens with zero attached hydrogens (tertiary/aromatic N) is 1. The molecule has 1 aromatic heterocycles. The van der Waals surface area contributed by atoms with Gasteiger partial charge in [0.15, 0.2) is 0 Å². The summed E-state index contributed by atoms with van der Waals surface area (Å²) < 4.78 is 6.60. The first-order valence-electron chi connectivity index (χ1n) is 3.42.